The summed E-state index contributed by atoms with van der Waals surface area (Å²) in [5.41, 5.74) is 6.25. The number of rotatable bonds is 13. The quantitative estimate of drug-likeness (QED) is 0.156. The van der Waals surface area contributed by atoms with Crippen LogP contribution < -0.4 is 9.47 Å². The van der Waals surface area contributed by atoms with Crippen LogP contribution in [0.15, 0.2) is 97.6 Å². The minimum absolute atomic E-state index is 0.478. The monoisotopic (exact) mass is 567 g/mol. The predicted octanol–water partition coefficient (Wildman–Crippen LogP) is 6.80. The molecule has 3 heterocycles. The van der Waals surface area contributed by atoms with Crippen LogP contribution in [0.1, 0.15) is 33.6 Å². The number of nitrogens with zero attached hydrogens (tertiary/aromatic N) is 5. The molecule has 0 unspecified atom stereocenters. The lowest BCUT2D eigenvalue weighted by atomic mass is 10.1. The van der Waals surface area contributed by atoms with Gasteiger partial charge in [0.1, 0.15) is 24.7 Å². The molecule has 41 heavy (non-hydrogen) atoms. The molecule has 2 aromatic carbocycles. The maximum Gasteiger partial charge on any atom is 0.120 e. The Morgan fingerprint density at radius 1 is 0.732 bits per heavy atom. The SMILES string of the molecule is Cc1nn(CCN(Cc2cccc(OCc3cccnc3)c2)Cc2cccc(OCc3cccnc3)c2)c(C)c1Cl. The summed E-state index contributed by atoms with van der Waals surface area (Å²) in [6.45, 7) is 7.93. The lowest BCUT2D eigenvalue weighted by Crippen LogP contribution is -2.27. The fourth-order valence-corrected chi connectivity index (χ4v) is 4.76. The first-order valence-corrected chi connectivity index (χ1v) is 14.0. The Morgan fingerprint density at radius 3 is 1.73 bits per heavy atom. The summed E-state index contributed by atoms with van der Waals surface area (Å²) >= 11 is 6.42. The molecule has 0 fully saturated rings. The zero-order chi connectivity index (χ0) is 28.4. The van der Waals surface area contributed by atoms with Crippen LogP contribution in [0.5, 0.6) is 11.5 Å². The molecule has 210 valence electrons. The van der Waals surface area contributed by atoms with Crippen molar-refractivity contribution >= 4 is 11.6 Å². The molecule has 0 N–H and O–H groups in total. The van der Waals surface area contributed by atoms with E-state index in [9.17, 15) is 0 Å². The highest BCUT2D eigenvalue weighted by Crippen LogP contribution is 2.22. The number of aromatic nitrogens is 4. The van der Waals surface area contributed by atoms with Crippen molar-refractivity contribution in [2.45, 2.75) is 46.7 Å². The Morgan fingerprint density at radius 2 is 1.27 bits per heavy atom. The number of hydrogen-bond donors (Lipinski definition) is 0. The minimum Gasteiger partial charge on any atom is -0.489 e. The minimum atomic E-state index is 0.478. The van der Waals surface area contributed by atoms with Gasteiger partial charge in [0.15, 0.2) is 0 Å². The number of ether oxygens (including phenoxy) is 2. The average molecular weight is 568 g/mol. The molecule has 5 rings (SSSR count). The molecule has 0 saturated carbocycles. The van der Waals surface area contributed by atoms with Crippen molar-refractivity contribution in [1.29, 1.82) is 0 Å². The van der Waals surface area contributed by atoms with Crippen LogP contribution >= 0.6 is 11.6 Å². The second-order valence-corrected chi connectivity index (χ2v) is 10.4. The molecular formula is C33H34ClN5O2. The molecule has 0 amide bonds. The maximum atomic E-state index is 6.42. The van der Waals surface area contributed by atoms with Gasteiger partial charge < -0.3 is 9.47 Å². The molecule has 7 nitrogen and oxygen atoms in total. The van der Waals surface area contributed by atoms with E-state index in [4.69, 9.17) is 21.1 Å². The van der Waals surface area contributed by atoms with Gasteiger partial charge in [0.05, 0.1) is 23.0 Å². The molecule has 8 heteroatoms. The van der Waals surface area contributed by atoms with Crippen LogP contribution in [-0.4, -0.2) is 31.2 Å². The summed E-state index contributed by atoms with van der Waals surface area (Å²) in [4.78, 5) is 10.8. The second-order valence-electron chi connectivity index (χ2n) is 10.0. The molecule has 0 spiro atoms. The molecule has 0 aliphatic rings. The third kappa shape index (κ3) is 8.16. The van der Waals surface area contributed by atoms with E-state index < -0.39 is 0 Å². The largest absolute Gasteiger partial charge is 0.489 e. The van der Waals surface area contributed by atoms with Gasteiger partial charge in [-0.2, -0.15) is 5.10 Å². The van der Waals surface area contributed by atoms with Gasteiger partial charge in [0.2, 0.25) is 0 Å². The maximum absolute atomic E-state index is 6.42. The topological polar surface area (TPSA) is 65.3 Å². The molecule has 0 aliphatic heterocycles. The third-order valence-corrected chi connectivity index (χ3v) is 7.33. The van der Waals surface area contributed by atoms with E-state index >= 15 is 0 Å². The highest BCUT2D eigenvalue weighted by atomic mass is 35.5. The fraction of sp³-hybridized carbons (Fsp3) is 0.242. The van der Waals surface area contributed by atoms with Gasteiger partial charge in [-0.1, -0.05) is 48.0 Å². The van der Waals surface area contributed by atoms with Crippen LogP contribution in [0.25, 0.3) is 0 Å². The Kier molecular flexibility index (Phi) is 9.62. The van der Waals surface area contributed by atoms with Crippen molar-refractivity contribution in [3.63, 3.8) is 0 Å². The van der Waals surface area contributed by atoms with Gasteiger partial charge in [-0.25, -0.2) is 0 Å². The van der Waals surface area contributed by atoms with Gasteiger partial charge in [-0.3, -0.25) is 19.5 Å². The second kappa shape index (κ2) is 13.9. The fourth-order valence-electron chi connectivity index (χ4n) is 4.63. The first kappa shape index (κ1) is 28.3. The number of benzene rings is 2. The third-order valence-electron chi connectivity index (χ3n) is 6.79. The molecular weight excluding hydrogens is 534 g/mol. The molecule has 0 saturated heterocycles. The number of halogens is 1. The normalized spacial score (nSPS) is 11.1. The van der Waals surface area contributed by atoms with Crippen LogP contribution in [0, 0.1) is 13.8 Å². The van der Waals surface area contributed by atoms with Crippen LogP contribution in [0.2, 0.25) is 5.02 Å². The van der Waals surface area contributed by atoms with Gasteiger partial charge in [0.25, 0.3) is 0 Å². The Labute approximate surface area is 246 Å². The smallest absolute Gasteiger partial charge is 0.120 e. The van der Waals surface area contributed by atoms with Crippen molar-refractivity contribution in [2.75, 3.05) is 6.54 Å². The molecule has 0 aliphatic carbocycles. The van der Waals surface area contributed by atoms with E-state index in [1.54, 1.807) is 12.4 Å². The van der Waals surface area contributed by atoms with Crippen LogP contribution in [0.3, 0.4) is 0 Å². The summed E-state index contributed by atoms with van der Waals surface area (Å²) in [7, 11) is 0. The zero-order valence-corrected chi connectivity index (χ0v) is 24.2. The van der Waals surface area contributed by atoms with E-state index in [0.29, 0.717) is 13.2 Å². The Bertz CT molecular complexity index is 1450. The first-order valence-electron chi connectivity index (χ1n) is 13.7. The lowest BCUT2D eigenvalue weighted by molar-refractivity contribution is 0.239. The van der Waals surface area contributed by atoms with Crippen LogP contribution in [0.4, 0.5) is 0 Å². The first-order chi connectivity index (χ1) is 20.0. The average Bonchev–Trinajstić information content (AvgIpc) is 3.25. The number of pyridine rings is 2. The molecule has 5 aromatic rings. The standard InChI is InChI=1S/C33H34ClN5O2/c1-25-33(34)26(2)39(37-25)16-15-38(21-27-7-3-11-31(17-27)40-23-29-9-5-13-35-19-29)22-28-8-4-12-32(18-28)41-24-30-10-6-14-36-20-30/h3-14,17-20H,15-16,21-24H2,1-2H3. The lowest BCUT2D eigenvalue weighted by Gasteiger charge is -2.23. The van der Waals surface area contributed by atoms with Crippen LogP contribution in [-0.2, 0) is 32.8 Å². The predicted molar refractivity (Wildman–Crippen MR) is 161 cm³/mol. The van der Waals surface area contributed by atoms with E-state index in [0.717, 1.165) is 65.2 Å². The van der Waals surface area contributed by atoms with Crippen molar-refractivity contribution in [2.24, 2.45) is 0 Å². The van der Waals surface area contributed by atoms with Gasteiger partial charge in [0, 0.05) is 55.5 Å². The summed E-state index contributed by atoms with van der Waals surface area (Å²) in [5, 5.41) is 5.37. The zero-order valence-electron chi connectivity index (χ0n) is 23.4. The highest BCUT2D eigenvalue weighted by Gasteiger charge is 2.13. The molecule has 0 radical (unpaired) electrons. The summed E-state index contributed by atoms with van der Waals surface area (Å²) in [6.07, 6.45) is 7.18. The summed E-state index contributed by atoms with van der Waals surface area (Å²) < 4.78 is 14.1. The van der Waals surface area contributed by atoms with Gasteiger partial charge in [-0.15, -0.1) is 0 Å². The highest BCUT2D eigenvalue weighted by molar-refractivity contribution is 6.31. The van der Waals surface area contributed by atoms with Gasteiger partial charge in [-0.05, 0) is 61.4 Å². The summed E-state index contributed by atoms with van der Waals surface area (Å²) in [6, 6.07) is 24.4. The Balaban J connectivity index is 1.29. The van der Waals surface area contributed by atoms with E-state index in [1.807, 2.05) is 79.5 Å². The number of hydrogen-bond acceptors (Lipinski definition) is 6. The van der Waals surface area contributed by atoms with E-state index in [2.05, 4.69) is 44.2 Å². The van der Waals surface area contributed by atoms with Gasteiger partial charge >= 0.3 is 0 Å². The molecule has 0 bridgehead atoms. The molecule has 0 atom stereocenters. The van der Waals surface area contributed by atoms with Crippen molar-refractivity contribution in [3.8, 4) is 11.5 Å². The van der Waals surface area contributed by atoms with Crippen molar-refractivity contribution in [1.82, 2.24) is 24.6 Å². The van der Waals surface area contributed by atoms with Crippen molar-refractivity contribution < 1.29 is 9.47 Å². The van der Waals surface area contributed by atoms with Crippen molar-refractivity contribution in [3.05, 3.63) is 136 Å². The number of aryl methyl sites for hydroxylation is 1. The van der Waals surface area contributed by atoms with E-state index in [-0.39, 0.29) is 0 Å². The Hall–Kier alpha value is -4.20. The van der Waals surface area contributed by atoms with E-state index in [1.165, 1.54) is 11.1 Å². The molecule has 3 aromatic heterocycles. The summed E-state index contributed by atoms with van der Waals surface area (Å²) in [5.74, 6) is 1.67.